The number of hydrogen-bond acceptors (Lipinski definition) is 5. The van der Waals surface area contributed by atoms with Gasteiger partial charge in [-0.1, -0.05) is 12.1 Å². The first-order valence-electron chi connectivity index (χ1n) is 10.6. The van der Waals surface area contributed by atoms with Crippen molar-refractivity contribution >= 4 is 17.7 Å². The highest BCUT2D eigenvalue weighted by atomic mass is 16.5. The second kappa shape index (κ2) is 7.47. The number of piperidine rings is 1. The largest absolute Gasteiger partial charge is 0.497 e. The lowest BCUT2D eigenvalue weighted by molar-refractivity contribution is -0.181. The van der Waals surface area contributed by atoms with Gasteiger partial charge in [-0.15, -0.1) is 0 Å². The molecule has 2 atom stereocenters. The highest BCUT2D eigenvalue weighted by Gasteiger charge is 2.68. The Bertz CT molecular complexity index is 832. The van der Waals surface area contributed by atoms with Crippen molar-refractivity contribution < 1.29 is 23.9 Å². The molecule has 29 heavy (non-hydrogen) atoms. The van der Waals surface area contributed by atoms with Crippen molar-refractivity contribution in [2.45, 2.75) is 50.9 Å². The number of fused-ring (bicyclic) bond motifs is 1. The molecule has 1 saturated heterocycles. The minimum atomic E-state index is -1.35. The number of likely N-dealkylation sites (tertiary alicyclic amines) is 1. The van der Waals surface area contributed by atoms with E-state index in [1.807, 2.05) is 29.2 Å². The van der Waals surface area contributed by atoms with Gasteiger partial charge in [0, 0.05) is 31.3 Å². The van der Waals surface area contributed by atoms with Crippen LogP contribution in [0.3, 0.4) is 0 Å². The molecule has 6 nitrogen and oxygen atoms in total. The van der Waals surface area contributed by atoms with Crippen molar-refractivity contribution in [3.63, 3.8) is 0 Å². The van der Waals surface area contributed by atoms with Crippen LogP contribution in [-0.2, 0) is 24.5 Å². The zero-order chi connectivity index (χ0) is 20.6. The van der Waals surface area contributed by atoms with Crippen LogP contribution >= 0.6 is 0 Å². The third-order valence-electron chi connectivity index (χ3n) is 6.98. The quantitative estimate of drug-likeness (QED) is 0.543. The highest BCUT2D eigenvalue weighted by Crippen LogP contribution is 2.58. The van der Waals surface area contributed by atoms with Crippen LogP contribution in [0.5, 0.6) is 5.75 Å². The predicted molar refractivity (Wildman–Crippen MR) is 107 cm³/mol. The molecule has 4 rings (SSSR count). The number of rotatable bonds is 6. The van der Waals surface area contributed by atoms with Crippen molar-refractivity contribution in [2.75, 3.05) is 26.8 Å². The van der Waals surface area contributed by atoms with Crippen LogP contribution < -0.4 is 4.74 Å². The molecule has 0 N–H and O–H groups in total. The number of esters is 1. The van der Waals surface area contributed by atoms with Crippen LogP contribution in [0.1, 0.15) is 51.0 Å². The van der Waals surface area contributed by atoms with Gasteiger partial charge in [0.1, 0.15) is 11.5 Å². The lowest BCUT2D eigenvalue weighted by Gasteiger charge is -2.55. The Labute approximate surface area is 171 Å². The minimum absolute atomic E-state index is 0.0937. The normalized spacial score (nSPS) is 29.4. The Morgan fingerprint density at radius 1 is 1.24 bits per heavy atom. The van der Waals surface area contributed by atoms with E-state index < -0.39 is 16.8 Å². The molecule has 6 heteroatoms. The zero-order valence-electron chi connectivity index (χ0n) is 17.2. The van der Waals surface area contributed by atoms with Crippen LogP contribution in [0.2, 0.25) is 0 Å². The fourth-order valence-corrected chi connectivity index (χ4v) is 5.29. The van der Waals surface area contributed by atoms with Gasteiger partial charge < -0.3 is 14.4 Å². The molecule has 156 valence electrons. The number of carbonyl (C=O) groups excluding carboxylic acids is 3. The lowest BCUT2D eigenvalue weighted by Crippen LogP contribution is -2.67. The van der Waals surface area contributed by atoms with E-state index in [9.17, 15) is 14.4 Å². The number of carbonyl (C=O) groups is 3. The van der Waals surface area contributed by atoms with Crippen molar-refractivity contribution in [1.82, 2.24) is 4.90 Å². The molecule has 0 radical (unpaired) electrons. The molecular formula is C23H29NO5. The van der Waals surface area contributed by atoms with Crippen molar-refractivity contribution in [2.24, 2.45) is 11.3 Å². The number of methoxy groups -OCH3 is 1. The van der Waals surface area contributed by atoms with Gasteiger partial charge in [-0.2, -0.15) is 0 Å². The average molecular weight is 399 g/mol. The number of amides is 1. The van der Waals surface area contributed by atoms with Crippen LogP contribution in [0.25, 0.3) is 0 Å². The van der Waals surface area contributed by atoms with Crippen LogP contribution in [0.4, 0.5) is 0 Å². The number of benzene rings is 1. The van der Waals surface area contributed by atoms with Crippen LogP contribution in [0.15, 0.2) is 24.3 Å². The van der Waals surface area contributed by atoms with E-state index in [0.29, 0.717) is 31.2 Å². The molecule has 3 fully saturated rings. The van der Waals surface area contributed by atoms with Gasteiger partial charge in [0.2, 0.25) is 5.91 Å². The van der Waals surface area contributed by atoms with Crippen molar-refractivity contribution in [1.29, 1.82) is 0 Å². The Morgan fingerprint density at radius 2 is 2.03 bits per heavy atom. The van der Waals surface area contributed by atoms with Gasteiger partial charge >= 0.3 is 5.97 Å². The molecule has 2 saturated carbocycles. The van der Waals surface area contributed by atoms with E-state index in [0.717, 1.165) is 18.4 Å². The summed E-state index contributed by atoms with van der Waals surface area (Å²) in [5.74, 6) is 0.634. The summed E-state index contributed by atoms with van der Waals surface area (Å²) in [7, 11) is 1.59. The highest BCUT2D eigenvalue weighted by molar-refractivity contribution is 6.07. The standard InChI is InChI=1S/C23H29NO5/c1-3-29-21(27)23-10-9-18(25)14-22(23,17-5-4-6-19(13-17)28-2)11-12-24(20(23)26)15-16-7-8-16/h4-6,13,16H,3,7-12,14-15H2,1-2H3/t22-,23-/m0/s1. The molecule has 0 unspecified atom stereocenters. The van der Waals surface area contributed by atoms with Crippen LogP contribution in [-0.4, -0.2) is 49.4 Å². The molecule has 1 aromatic rings. The van der Waals surface area contributed by atoms with Gasteiger partial charge in [0.15, 0.2) is 5.41 Å². The SMILES string of the molecule is CCOC(=O)[C@@]12CCC(=O)C[C@]1(c1cccc(OC)c1)CCN(CC1CC1)C2=O. The molecule has 2 aliphatic carbocycles. The molecular weight excluding hydrogens is 370 g/mol. The van der Waals surface area contributed by atoms with E-state index in [4.69, 9.17) is 9.47 Å². The molecule has 0 bridgehead atoms. The first-order chi connectivity index (χ1) is 14.0. The fraction of sp³-hybridized carbons (Fsp3) is 0.609. The molecule has 3 aliphatic rings. The first-order valence-corrected chi connectivity index (χ1v) is 10.6. The minimum Gasteiger partial charge on any atom is -0.497 e. The molecule has 1 aromatic carbocycles. The summed E-state index contributed by atoms with van der Waals surface area (Å²) in [5.41, 5.74) is -1.42. The summed E-state index contributed by atoms with van der Waals surface area (Å²) in [6, 6.07) is 7.48. The molecule has 0 spiro atoms. The Balaban J connectivity index is 1.86. The van der Waals surface area contributed by atoms with E-state index in [-0.39, 0.29) is 37.6 Å². The third-order valence-corrected chi connectivity index (χ3v) is 6.98. The summed E-state index contributed by atoms with van der Waals surface area (Å²) in [5, 5.41) is 0. The van der Waals surface area contributed by atoms with Crippen molar-refractivity contribution in [3.05, 3.63) is 29.8 Å². The molecule has 0 aromatic heterocycles. The number of Topliss-reactive ketones (excluding diaryl/α,β-unsaturated/α-hetero) is 1. The maximum atomic E-state index is 13.9. The summed E-state index contributed by atoms with van der Waals surface area (Å²) in [6.45, 7) is 3.22. The maximum absolute atomic E-state index is 13.9. The van der Waals surface area contributed by atoms with Gasteiger partial charge in [-0.3, -0.25) is 14.4 Å². The Morgan fingerprint density at radius 3 is 2.72 bits per heavy atom. The second-order valence-electron chi connectivity index (χ2n) is 8.60. The van der Waals surface area contributed by atoms with E-state index >= 15 is 0 Å². The second-order valence-corrected chi connectivity index (χ2v) is 8.60. The first kappa shape index (κ1) is 19.9. The molecule has 1 aliphatic heterocycles. The van der Waals surface area contributed by atoms with Gasteiger partial charge in [0.25, 0.3) is 0 Å². The molecule has 1 heterocycles. The summed E-state index contributed by atoms with van der Waals surface area (Å²) < 4.78 is 10.9. The topological polar surface area (TPSA) is 72.9 Å². The number of hydrogen-bond donors (Lipinski definition) is 0. The van der Waals surface area contributed by atoms with Crippen LogP contribution in [0, 0.1) is 11.3 Å². The third kappa shape index (κ3) is 3.13. The maximum Gasteiger partial charge on any atom is 0.322 e. The monoisotopic (exact) mass is 399 g/mol. The number of nitrogens with zero attached hydrogens (tertiary/aromatic N) is 1. The fourth-order valence-electron chi connectivity index (χ4n) is 5.29. The van der Waals surface area contributed by atoms with E-state index in [2.05, 4.69) is 0 Å². The predicted octanol–water partition coefficient (Wildman–Crippen LogP) is 2.88. The summed E-state index contributed by atoms with van der Waals surface area (Å²) in [4.78, 5) is 41.8. The zero-order valence-corrected chi connectivity index (χ0v) is 17.2. The van der Waals surface area contributed by atoms with Crippen molar-refractivity contribution in [3.8, 4) is 5.75 Å². The summed E-state index contributed by atoms with van der Waals surface area (Å²) >= 11 is 0. The number of ether oxygens (including phenoxy) is 2. The summed E-state index contributed by atoms with van der Waals surface area (Å²) in [6.07, 6.45) is 3.46. The van der Waals surface area contributed by atoms with Gasteiger partial charge in [0.05, 0.1) is 13.7 Å². The Kier molecular flexibility index (Phi) is 5.13. The molecule has 1 amide bonds. The van der Waals surface area contributed by atoms with Gasteiger partial charge in [-0.25, -0.2) is 0 Å². The van der Waals surface area contributed by atoms with Gasteiger partial charge in [-0.05, 0) is 56.2 Å². The average Bonchev–Trinajstić information content (AvgIpc) is 3.54. The van der Waals surface area contributed by atoms with E-state index in [1.54, 1.807) is 14.0 Å². The smallest absolute Gasteiger partial charge is 0.322 e. The lowest BCUT2D eigenvalue weighted by atomic mass is 9.49. The van der Waals surface area contributed by atoms with E-state index in [1.165, 1.54) is 0 Å². The number of ketones is 1. The Hall–Kier alpha value is -2.37.